The maximum Gasteiger partial charge on any atom is 0.335 e. The number of nitrogens with zero attached hydrogens (tertiary/aromatic N) is 4. The summed E-state index contributed by atoms with van der Waals surface area (Å²) in [6, 6.07) is 16.6. The fraction of sp³-hybridized carbons (Fsp3) is 0.130. The third-order valence-corrected chi connectivity index (χ3v) is 5.72. The Hall–Kier alpha value is -3.20. The van der Waals surface area contributed by atoms with Crippen LogP contribution in [0.3, 0.4) is 0 Å². The molecule has 33 heavy (non-hydrogen) atoms. The van der Waals surface area contributed by atoms with Gasteiger partial charge in [-0.25, -0.2) is 19.7 Å². The quantitative estimate of drug-likeness (QED) is 0.327. The molecule has 7 nitrogen and oxygen atoms in total. The minimum absolute atomic E-state index is 0. The third kappa shape index (κ3) is 6.64. The van der Waals surface area contributed by atoms with Crippen LogP contribution in [0, 0.1) is 6.92 Å². The van der Waals surface area contributed by atoms with Gasteiger partial charge < -0.3 is 15.3 Å². The summed E-state index contributed by atoms with van der Waals surface area (Å²) in [5.74, 6) is 0.531. The molecular weight excluding hydrogens is 481 g/mol. The first-order valence-electron chi connectivity index (χ1n) is 9.64. The van der Waals surface area contributed by atoms with Crippen LogP contribution in [0.2, 0.25) is 0 Å². The number of anilines is 3. The van der Waals surface area contributed by atoms with E-state index in [4.69, 9.17) is 4.98 Å². The summed E-state index contributed by atoms with van der Waals surface area (Å²) in [4.78, 5) is 27.7. The van der Waals surface area contributed by atoms with Gasteiger partial charge in [-0.05, 0) is 54.4 Å². The highest BCUT2D eigenvalue weighted by Crippen LogP contribution is 2.31. The Morgan fingerprint density at radius 3 is 2.61 bits per heavy atom. The average Bonchev–Trinajstić information content (AvgIpc) is 3.25. The monoisotopic (exact) mass is 503 g/mol. The second kappa shape index (κ2) is 11.6. The topological polar surface area (TPSA) is 91.2 Å². The molecule has 1 aromatic carbocycles. The van der Waals surface area contributed by atoms with E-state index in [0.29, 0.717) is 12.4 Å². The Kier molecular flexibility index (Phi) is 9.16. The standard InChI is InChI=1S/C23H21N5O2S.2ClH/c1-15-9-10-24-21(11-15)27-20-8-4-7-18(26-20)19-13-25-23(31-19)28(2)14-16-5-3-6-17(12-16)22(29)30;;/h3-13H,14H2,1-2H3,(H,29,30)(H,24,26,27);2*1H. The molecule has 172 valence electrons. The molecule has 0 aliphatic heterocycles. The molecule has 0 fully saturated rings. The van der Waals surface area contributed by atoms with Crippen LogP contribution in [-0.4, -0.2) is 33.1 Å². The molecule has 0 atom stereocenters. The van der Waals surface area contributed by atoms with E-state index >= 15 is 0 Å². The largest absolute Gasteiger partial charge is 0.478 e. The number of nitrogens with one attached hydrogen (secondary N) is 1. The van der Waals surface area contributed by atoms with E-state index in [9.17, 15) is 9.90 Å². The van der Waals surface area contributed by atoms with E-state index in [0.717, 1.165) is 32.6 Å². The van der Waals surface area contributed by atoms with Crippen molar-refractivity contribution in [3.63, 3.8) is 0 Å². The lowest BCUT2D eigenvalue weighted by Gasteiger charge is -2.15. The zero-order chi connectivity index (χ0) is 21.8. The van der Waals surface area contributed by atoms with Crippen molar-refractivity contribution in [2.75, 3.05) is 17.3 Å². The number of hydrogen-bond donors (Lipinski definition) is 2. The number of benzene rings is 1. The smallest absolute Gasteiger partial charge is 0.335 e. The summed E-state index contributed by atoms with van der Waals surface area (Å²) in [6.07, 6.45) is 3.57. The van der Waals surface area contributed by atoms with Crippen molar-refractivity contribution in [1.29, 1.82) is 0 Å². The minimum atomic E-state index is -0.929. The first-order valence-corrected chi connectivity index (χ1v) is 10.5. The van der Waals surface area contributed by atoms with Gasteiger partial charge in [0.25, 0.3) is 0 Å². The molecule has 4 rings (SSSR count). The van der Waals surface area contributed by atoms with Crippen LogP contribution in [0.4, 0.5) is 16.8 Å². The van der Waals surface area contributed by atoms with Crippen LogP contribution in [0.25, 0.3) is 10.6 Å². The molecule has 0 amide bonds. The van der Waals surface area contributed by atoms with Crippen molar-refractivity contribution in [2.24, 2.45) is 0 Å². The van der Waals surface area contributed by atoms with Crippen molar-refractivity contribution in [3.8, 4) is 10.6 Å². The summed E-state index contributed by atoms with van der Waals surface area (Å²) in [5, 5.41) is 13.2. The van der Waals surface area contributed by atoms with Crippen molar-refractivity contribution < 1.29 is 9.90 Å². The van der Waals surface area contributed by atoms with Gasteiger partial charge in [-0.3, -0.25) is 0 Å². The van der Waals surface area contributed by atoms with E-state index in [1.54, 1.807) is 30.6 Å². The number of aromatic carboxylic acids is 1. The molecule has 0 spiro atoms. The molecule has 2 N–H and O–H groups in total. The van der Waals surface area contributed by atoms with Gasteiger partial charge in [-0.15, -0.1) is 24.8 Å². The number of thiazole rings is 1. The molecule has 3 heterocycles. The first-order chi connectivity index (χ1) is 15.0. The van der Waals surface area contributed by atoms with Crippen molar-refractivity contribution in [3.05, 3.63) is 83.7 Å². The lowest BCUT2D eigenvalue weighted by Crippen LogP contribution is -2.16. The molecule has 0 aliphatic carbocycles. The lowest BCUT2D eigenvalue weighted by atomic mass is 10.1. The van der Waals surface area contributed by atoms with Crippen LogP contribution < -0.4 is 10.2 Å². The number of pyridine rings is 2. The van der Waals surface area contributed by atoms with Crippen LogP contribution in [0.15, 0.2) is 67.0 Å². The normalized spacial score (nSPS) is 10.0. The predicted octanol–water partition coefficient (Wildman–Crippen LogP) is 5.83. The molecule has 0 saturated heterocycles. The average molecular weight is 504 g/mol. The molecule has 4 aromatic rings. The number of carboxylic acid groups (broad SMARTS) is 1. The van der Waals surface area contributed by atoms with Crippen molar-refractivity contribution in [2.45, 2.75) is 13.5 Å². The van der Waals surface area contributed by atoms with Crippen molar-refractivity contribution >= 4 is 58.9 Å². The molecular formula is C23H23Cl2N5O2S. The summed E-state index contributed by atoms with van der Waals surface area (Å²) in [5.41, 5.74) is 3.14. The minimum Gasteiger partial charge on any atom is -0.478 e. The molecule has 10 heteroatoms. The Labute approximate surface area is 208 Å². The molecule has 3 aromatic heterocycles. The highest BCUT2D eigenvalue weighted by Gasteiger charge is 2.12. The Morgan fingerprint density at radius 2 is 1.85 bits per heavy atom. The second-order valence-corrected chi connectivity index (χ2v) is 8.13. The summed E-state index contributed by atoms with van der Waals surface area (Å²) < 4.78 is 0. The summed E-state index contributed by atoms with van der Waals surface area (Å²) in [7, 11) is 1.94. The van der Waals surface area contributed by atoms with Gasteiger partial charge in [0.15, 0.2) is 5.13 Å². The zero-order valence-electron chi connectivity index (χ0n) is 17.9. The van der Waals surface area contributed by atoms with Crippen LogP contribution >= 0.6 is 36.2 Å². The fourth-order valence-electron chi connectivity index (χ4n) is 3.08. The van der Waals surface area contributed by atoms with E-state index in [2.05, 4.69) is 15.3 Å². The van der Waals surface area contributed by atoms with E-state index in [-0.39, 0.29) is 30.4 Å². The maximum atomic E-state index is 11.2. The molecule has 0 saturated carbocycles. The summed E-state index contributed by atoms with van der Waals surface area (Å²) in [6.45, 7) is 2.58. The Balaban J connectivity index is 0.00000193. The van der Waals surface area contributed by atoms with E-state index < -0.39 is 5.97 Å². The van der Waals surface area contributed by atoms with Crippen LogP contribution in [0.5, 0.6) is 0 Å². The Morgan fingerprint density at radius 1 is 1.06 bits per heavy atom. The van der Waals surface area contributed by atoms with Crippen LogP contribution in [-0.2, 0) is 6.54 Å². The highest BCUT2D eigenvalue weighted by atomic mass is 35.5. The van der Waals surface area contributed by atoms with Gasteiger partial charge >= 0.3 is 5.97 Å². The zero-order valence-corrected chi connectivity index (χ0v) is 20.4. The molecule has 0 bridgehead atoms. The number of hydrogen-bond acceptors (Lipinski definition) is 7. The van der Waals surface area contributed by atoms with Gasteiger partial charge in [0.2, 0.25) is 0 Å². The maximum absolute atomic E-state index is 11.2. The van der Waals surface area contributed by atoms with Gasteiger partial charge in [-0.2, -0.15) is 0 Å². The number of carboxylic acids is 1. The molecule has 0 unspecified atom stereocenters. The van der Waals surface area contributed by atoms with Crippen molar-refractivity contribution in [1.82, 2.24) is 15.0 Å². The second-order valence-electron chi connectivity index (χ2n) is 7.12. The fourth-order valence-corrected chi connectivity index (χ4v) is 3.93. The Bertz CT molecular complexity index is 1230. The first kappa shape index (κ1) is 26.1. The van der Waals surface area contributed by atoms with Gasteiger partial charge in [-0.1, -0.05) is 29.5 Å². The molecule has 0 radical (unpaired) electrons. The third-order valence-electron chi connectivity index (χ3n) is 4.59. The number of halogens is 2. The lowest BCUT2D eigenvalue weighted by molar-refractivity contribution is 0.0696. The van der Waals surface area contributed by atoms with Crippen LogP contribution in [0.1, 0.15) is 21.5 Å². The molecule has 0 aliphatic rings. The van der Waals surface area contributed by atoms with E-state index in [1.807, 2.05) is 55.3 Å². The SMILES string of the molecule is Cc1ccnc(Nc2cccc(-c3cnc(N(C)Cc4cccc(C(=O)O)c4)s3)n2)c1.Cl.Cl. The predicted molar refractivity (Wildman–Crippen MR) is 138 cm³/mol. The number of aromatic nitrogens is 3. The summed E-state index contributed by atoms with van der Waals surface area (Å²) >= 11 is 1.53. The highest BCUT2D eigenvalue weighted by molar-refractivity contribution is 7.18. The van der Waals surface area contributed by atoms with Gasteiger partial charge in [0.1, 0.15) is 11.6 Å². The number of carbonyl (C=O) groups is 1. The van der Waals surface area contributed by atoms with Gasteiger partial charge in [0.05, 0.1) is 16.1 Å². The van der Waals surface area contributed by atoms with Gasteiger partial charge in [0, 0.05) is 26.0 Å². The number of aryl methyl sites for hydroxylation is 1. The van der Waals surface area contributed by atoms with E-state index in [1.165, 1.54) is 11.3 Å². The number of rotatable bonds is 7.